The molecule has 2 aliphatic rings. The van der Waals surface area contributed by atoms with Crippen LogP contribution in [-0.2, 0) is 25.5 Å². The highest BCUT2D eigenvalue weighted by Crippen LogP contribution is 2.42. The standard InChI is InChI=1S/C34H29N3O4S2/c1-22-27(43-21-35-22)18-17-26-20-42-33-29(36-28(38)19-23-11-5-2-6-12-23)32(39)37(33)30(26)34(40)41-31(24-13-7-3-8-14-24)25-15-9-4-10-16-25/h2-18,21,29,31,33H,19-20H2,1H3,(H,36,38)/b18-17-/t29-,33+/m1/s1. The van der Waals surface area contributed by atoms with Crippen molar-refractivity contribution in [3.05, 3.63) is 141 Å². The normalized spacial score (nSPS) is 18.0. The van der Waals surface area contributed by atoms with Gasteiger partial charge in [-0.05, 0) is 35.3 Å². The highest BCUT2D eigenvalue weighted by Gasteiger charge is 2.54. The summed E-state index contributed by atoms with van der Waals surface area (Å²) < 4.78 is 6.22. The lowest BCUT2D eigenvalue weighted by Crippen LogP contribution is -2.70. The summed E-state index contributed by atoms with van der Waals surface area (Å²) in [7, 11) is 0. The Labute approximate surface area is 258 Å². The summed E-state index contributed by atoms with van der Waals surface area (Å²) in [4.78, 5) is 47.3. The summed E-state index contributed by atoms with van der Waals surface area (Å²) in [5, 5.41) is 2.48. The fourth-order valence-electron chi connectivity index (χ4n) is 5.16. The van der Waals surface area contributed by atoms with Gasteiger partial charge in [0.15, 0.2) is 6.10 Å². The number of rotatable bonds is 9. The van der Waals surface area contributed by atoms with Crippen molar-refractivity contribution in [3.8, 4) is 0 Å². The van der Waals surface area contributed by atoms with Crippen LogP contribution >= 0.6 is 23.1 Å². The van der Waals surface area contributed by atoms with E-state index in [9.17, 15) is 14.4 Å². The van der Waals surface area contributed by atoms with Crippen LogP contribution in [0, 0.1) is 6.92 Å². The van der Waals surface area contributed by atoms with Gasteiger partial charge < -0.3 is 10.1 Å². The number of thioether (sulfide) groups is 1. The summed E-state index contributed by atoms with van der Waals surface area (Å²) in [6.07, 6.45) is 3.30. The van der Waals surface area contributed by atoms with E-state index in [1.807, 2.05) is 110 Å². The number of benzene rings is 3. The van der Waals surface area contributed by atoms with Gasteiger partial charge in [-0.1, -0.05) is 97.1 Å². The molecule has 1 N–H and O–H groups in total. The number of hydrogen-bond acceptors (Lipinski definition) is 7. The van der Waals surface area contributed by atoms with E-state index in [0.717, 1.165) is 27.3 Å². The second-order valence-electron chi connectivity index (χ2n) is 10.2. The van der Waals surface area contributed by atoms with E-state index in [-0.39, 0.29) is 23.9 Å². The highest BCUT2D eigenvalue weighted by molar-refractivity contribution is 8.00. The lowest BCUT2D eigenvalue weighted by Gasteiger charge is -2.49. The van der Waals surface area contributed by atoms with Crippen molar-refractivity contribution in [2.75, 3.05) is 5.75 Å². The number of fused-ring (bicyclic) bond motifs is 1. The molecule has 1 saturated heterocycles. The maximum absolute atomic E-state index is 14.1. The SMILES string of the molecule is Cc1ncsc1/C=C\C1=C(C(=O)OC(c2ccccc2)c2ccccc2)N2C(=O)[C@@H](NC(=O)Cc3ccccc3)[C@@H]2SC1. The van der Waals surface area contributed by atoms with Crippen LogP contribution < -0.4 is 5.32 Å². The fraction of sp³-hybridized carbons (Fsp3) is 0.176. The van der Waals surface area contributed by atoms with E-state index < -0.39 is 23.5 Å². The van der Waals surface area contributed by atoms with Crippen LogP contribution in [-0.4, -0.2) is 44.8 Å². The van der Waals surface area contributed by atoms with Crippen molar-refractivity contribution in [2.45, 2.75) is 30.9 Å². The number of ether oxygens (including phenoxy) is 1. The summed E-state index contributed by atoms with van der Waals surface area (Å²) in [6.45, 7) is 1.93. The van der Waals surface area contributed by atoms with Crippen molar-refractivity contribution in [1.82, 2.24) is 15.2 Å². The molecule has 4 aromatic rings. The summed E-state index contributed by atoms with van der Waals surface area (Å²) in [5.74, 6) is -0.690. The van der Waals surface area contributed by atoms with Crippen molar-refractivity contribution in [1.29, 1.82) is 0 Å². The van der Waals surface area contributed by atoms with E-state index in [2.05, 4.69) is 10.3 Å². The van der Waals surface area contributed by atoms with Gasteiger partial charge in [0.05, 0.1) is 17.6 Å². The van der Waals surface area contributed by atoms with Crippen LogP contribution in [0.15, 0.2) is 114 Å². The van der Waals surface area contributed by atoms with Crippen molar-refractivity contribution in [3.63, 3.8) is 0 Å². The molecule has 2 atom stereocenters. The van der Waals surface area contributed by atoms with Gasteiger partial charge in [-0.15, -0.1) is 23.1 Å². The number of carbonyl (C=O) groups excluding carboxylic acids is 3. The van der Waals surface area contributed by atoms with Crippen molar-refractivity contribution >= 4 is 47.0 Å². The Hall–Kier alpha value is -4.47. The number of esters is 1. The fourth-order valence-corrected chi connectivity index (χ4v) is 7.17. The van der Waals surface area contributed by atoms with Gasteiger partial charge in [0.25, 0.3) is 5.91 Å². The van der Waals surface area contributed by atoms with E-state index in [1.165, 1.54) is 28.0 Å². The van der Waals surface area contributed by atoms with Gasteiger partial charge in [0.1, 0.15) is 17.1 Å². The van der Waals surface area contributed by atoms with E-state index in [1.54, 1.807) is 5.51 Å². The van der Waals surface area contributed by atoms with Crippen LogP contribution in [0.1, 0.15) is 33.4 Å². The molecular weight excluding hydrogens is 579 g/mol. The molecule has 216 valence electrons. The minimum Gasteiger partial charge on any atom is -0.448 e. The van der Waals surface area contributed by atoms with Gasteiger partial charge in [-0.3, -0.25) is 14.5 Å². The van der Waals surface area contributed by atoms with Crippen LogP contribution in [0.2, 0.25) is 0 Å². The first-order valence-corrected chi connectivity index (χ1v) is 15.8. The van der Waals surface area contributed by atoms with Crippen LogP contribution in [0.5, 0.6) is 0 Å². The molecule has 6 rings (SSSR count). The molecule has 0 unspecified atom stereocenters. The van der Waals surface area contributed by atoms with Gasteiger partial charge in [0.2, 0.25) is 5.91 Å². The Kier molecular flexibility index (Phi) is 8.53. The summed E-state index contributed by atoms with van der Waals surface area (Å²) in [5.41, 5.74) is 6.06. The van der Waals surface area contributed by atoms with Crippen molar-refractivity contribution in [2.24, 2.45) is 0 Å². The Morgan fingerprint density at radius 1 is 0.977 bits per heavy atom. The van der Waals surface area contributed by atoms with Gasteiger partial charge in [0, 0.05) is 10.6 Å². The molecule has 9 heteroatoms. The quantitative estimate of drug-likeness (QED) is 0.194. The molecule has 3 heterocycles. The molecule has 7 nitrogen and oxygen atoms in total. The second-order valence-corrected chi connectivity index (χ2v) is 12.2. The number of thiazole rings is 1. The number of hydrogen-bond donors (Lipinski definition) is 1. The number of aryl methyl sites for hydroxylation is 1. The lowest BCUT2D eigenvalue weighted by atomic mass is 10.00. The second kappa shape index (κ2) is 12.8. The van der Waals surface area contributed by atoms with E-state index in [4.69, 9.17) is 4.74 Å². The van der Waals surface area contributed by atoms with Gasteiger partial charge in [-0.2, -0.15) is 0 Å². The smallest absolute Gasteiger partial charge is 0.356 e. The minimum atomic E-state index is -0.725. The molecule has 0 spiro atoms. The molecule has 0 radical (unpaired) electrons. The molecule has 0 saturated carbocycles. The Morgan fingerprint density at radius 2 is 1.60 bits per heavy atom. The zero-order valence-corrected chi connectivity index (χ0v) is 25.0. The average Bonchev–Trinajstić information content (AvgIpc) is 3.46. The maximum atomic E-state index is 14.1. The molecule has 3 aromatic carbocycles. The molecule has 0 bridgehead atoms. The number of carbonyl (C=O) groups is 3. The number of nitrogens with one attached hydrogen (secondary N) is 1. The van der Waals surface area contributed by atoms with Crippen molar-refractivity contribution < 1.29 is 19.1 Å². The first kappa shape index (κ1) is 28.6. The lowest BCUT2D eigenvalue weighted by molar-refractivity contribution is -0.154. The van der Waals surface area contributed by atoms with E-state index >= 15 is 0 Å². The number of aromatic nitrogens is 1. The number of β-lactam (4-membered cyclic amide) rings is 1. The first-order valence-electron chi connectivity index (χ1n) is 13.9. The third kappa shape index (κ3) is 6.18. The van der Waals surface area contributed by atoms with Crippen LogP contribution in [0.3, 0.4) is 0 Å². The number of allylic oxidation sites excluding steroid dienone is 1. The Morgan fingerprint density at radius 3 is 2.21 bits per heavy atom. The highest BCUT2D eigenvalue weighted by atomic mass is 32.2. The van der Waals surface area contributed by atoms with E-state index in [0.29, 0.717) is 11.3 Å². The molecule has 0 aliphatic carbocycles. The van der Waals surface area contributed by atoms with Crippen LogP contribution in [0.25, 0.3) is 6.08 Å². The predicted octanol–water partition coefficient (Wildman–Crippen LogP) is 5.69. The van der Waals surface area contributed by atoms with Crippen LogP contribution in [0.4, 0.5) is 0 Å². The predicted molar refractivity (Wildman–Crippen MR) is 169 cm³/mol. The van der Waals surface area contributed by atoms with Gasteiger partial charge in [-0.25, -0.2) is 9.78 Å². The Balaban J connectivity index is 1.29. The number of nitrogens with zero attached hydrogens (tertiary/aromatic N) is 2. The molecule has 2 aliphatic heterocycles. The monoisotopic (exact) mass is 607 g/mol. The Bertz CT molecular complexity index is 1650. The minimum absolute atomic E-state index is 0.171. The average molecular weight is 608 g/mol. The molecule has 1 fully saturated rings. The third-order valence-electron chi connectivity index (χ3n) is 7.36. The molecule has 43 heavy (non-hydrogen) atoms. The number of amides is 2. The van der Waals surface area contributed by atoms with Gasteiger partial charge >= 0.3 is 5.97 Å². The molecule has 2 amide bonds. The topological polar surface area (TPSA) is 88.6 Å². The maximum Gasteiger partial charge on any atom is 0.356 e. The summed E-state index contributed by atoms with van der Waals surface area (Å²) >= 11 is 3.02. The zero-order chi connectivity index (χ0) is 29.8. The largest absolute Gasteiger partial charge is 0.448 e. The zero-order valence-electron chi connectivity index (χ0n) is 23.4. The summed E-state index contributed by atoms with van der Waals surface area (Å²) in [6, 6.07) is 27.8. The molecular formula is C34H29N3O4S2. The third-order valence-corrected chi connectivity index (χ3v) is 9.56. The molecule has 1 aromatic heterocycles. The first-order chi connectivity index (χ1) is 21.0.